The first-order valence-corrected chi connectivity index (χ1v) is 9.68. The first-order valence-electron chi connectivity index (χ1n) is 9.68. The molecule has 1 aromatic carbocycles. The summed E-state index contributed by atoms with van der Waals surface area (Å²) in [6, 6.07) is 3.91. The van der Waals surface area contributed by atoms with Crippen LogP contribution in [0.5, 0.6) is 0 Å². The molecule has 1 aromatic heterocycles. The molecule has 28 heavy (non-hydrogen) atoms. The lowest BCUT2D eigenvalue weighted by atomic mass is 9.91. The molecule has 0 spiro atoms. The van der Waals surface area contributed by atoms with Gasteiger partial charge in [0.25, 0.3) is 5.91 Å². The highest BCUT2D eigenvalue weighted by atomic mass is 19.2. The molecule has 0 bridgehead atoms. The lowest BCUT2D eigenvalue weighted by molar-refractivity contribution is -0.157. The van der Waals surface area contributed by atoms with Crippen molar-refractivity contribution in [3.63, 3.8) is 0 Å². The average Bonchev–Trinajstić information content (AvgIpc) is 3.28. The molecule has 1 fully saturated rings. The Balaban J connectivity index is 1.39. The van der Waals surface area contributed by atoms with E-state index >= 15 is 0 Å². The van der Waals surface area contributed by atoms with Crippen LogP contribution in [0.15, 0.2) is 18.2 Å². The zero-order valence-corrected chi connectivity index (χ0v) is 15.6. The van der Waals surface area contributed by atoms with Crippen molar-refractivity contribution in [2.75, 3.05) is 13.1 Å². The summed E-state index contributed by atoms with van der Waals surface area (Å²) in [4.78, 5) is 14.2. The Labute approximate surface area is 161 Å². The highest BCUT2D eigenvalue weighted by Gasteiger charge is 2.42. The molecule has 2 heterocycles. The van der Waals surface area contributed by atoms with Crippen LogP contribution in [0.1, 0.15) is 41.8 Å². The number of halogens is 2. The summed E-state index contributed by atoms with van der Waals surface area (Å²) < 4.78 is 27.4. The Morgan fingerprint density at radius 3 is 3.00 bits per heavy atom. The Morgan fingerprint density at radius 2 is 2.14 bits per heavy atom. The van der Waals surface area contributed by atoms with Crippen molar-refractivity contribution >= 4 is 5.91 Å². The van der Waals surface area contributed by atoms with E-state index in [0.717, 1.165) is 31.0 Å². The molecule has 1 atom stereocenters. The summed E-state index contributed by atoms with van der Waals surface area (Å²) in [5, 5.41) is 21.4. The Kier molecular flexibility index (Phi) is 5.16. The van der Waals surface area contributed by atoms with Crippen LogP contribution in [-0.4, -0.2) is 44.8 Å². The molecule has 1 saturated heterocycles. The van der Waals surface area contributed by atoms with Gasteiger partial charge in [0.1, 0.15) is 0 Å². The van der Waals surface area contributed by atoms with E-state index in [0.29, 0.717) is 25.9 Å². The number of hydrogen-bond acceptors (Lipinski definition) is 4. The summed E-state index contributed by atoms with van der Waals surface area (Å²) in [6.07, 6.45) is 4.05. The number of nitrogens with one attached hydrogen (secondary N) is 2. The van der Waals surface area contributed by atoms with Crippen LogP contribution in [0.3, 0.4) is 0 Å². The molecule has 3 N–H and O–H groups in total. The number of aromatic nitrogens is 2. The third-order valence-electron chi connectivity index (χ3n) is 5.70. The lowest BCUT2D eigenvalue weighted by Crippen LogP contribution is -2.57. The summed E-state index contributed by atoms with van der Waals surface area (Å²) >= 11 is 0. The van der Waals surface area contributed by atoms with E-state index in [-0.39, 0.29) is 18.7 Å². The summed E-state index contributed by atoms with van der Waals surface area (Å²) in [6.45, 7) is 0.914. The van der Waals surface area contributed by atoms with Crippen molar-refractivity contribution in [2.24, 2.45) is 0 Å². The summed E-state index contributed by atoms with van der Waals surface area (Å²) in [5.41, 5.74) is 1.89. The quantitative estimate of drug-likeness (QED) is 0.703. The number of carbonyl (C=O) groups excluding carboxylic acids is 1. The van der Waals surface area contributed by atoms with Crippen molar-refractivity contribution in [2.45, 2.75) is 50.8 Å². The van der Waals surface area contributed by atoms with Gasteiger partial charge in [0.2, 0.25) is 0 Å². The number of aryl methyl sites for hydroxylation is 1. The van der Waals surface area contributed by atoms with Gasteiger partial charge in [0.15, 0.2) is 17.2 Å². The fourth-order valence-electron chi connectivity index (χ4n) is 4.18. The fraction of sp³-hybridized carbons (Fsp3) is 0.500. The van der Waals surface area contributed by atoms with Crippen molar-refractivity contribution in [3.8, 4) is 0 Å². The molecule has 2 aliphatic rings. The SMILES string of the molecule is O=C1N(Cc2cccc(F)c2F)CCC[C@@]1(O)CNCc1n[nH]c2c1CCC2. The van der Waals surface area contributed by atoms with Gasteiger partial charge in [-0.05, 0) is 43.7 Å². The van der Waals surface area contributed by atoms with E-state index in [9.17, 15) is 18.7 Å². The van der Waals surface area contributed by atoms with Gasteiger partial charge in [-0.3, -0.25) is 9.89 Å². The first kappa shape index (κ1) is 19.0. The lowest BCUT2D eigenvalue weighted by Gasteiger charge is -2.38. The minimum absolute atomic E-state index is 0.0579. The van der Waals surface area contributed by atoms with Crippen molar-refractivity contribution in [1.29, 1.82) is 0 Å². The first-order chi connectivity index (χ1) is 13.5. The number of carbonyl (C=O) groups is 1. The highest BCUT2D eigenvalue weighted by Crippen LogP contribution is 2.26. The molecule has 1 amide bonds. The number of piperidine rings is 1. The Morgan fingerprint density at radius 1 is 1.29 bits per heavy atom. The number of likely N-dealkylation sites (tertiary alicyclic amines) is 1. The summed E-state index contributed by atoms with van der Waals surface area (Å²) in [7, 11) is 0. The number of aromatic amines is 1. The molecule has 1 aliphatic carbocycles. The second-order valence-electron chi connectivity index (χ2n) is 7.66. The van der Waals surface area contributed by atoms with Crippen LogP contribution in [0.4, 0.5) is 8.78 Å². The molecule has 6 nitrogen and oxygen atoms in total. The topological polar surface area (TPSA) is 81.2 Å². The van der Waals surface area contributed by atoms with Crippen molar-refractivity contribution in [3.05, 3.63) is 52.3 Å². The van der Waals surface area contributed by atoms with Gasteiger partial charge in [0, 0.05) is 37.4 Å². The number of fused-ring (bicyclic) bond motifs is 1. The van der Waals surface area contributed by atoms with Crippen LogP contribution in [0.2, 0.25) is 0 Å². The molecule has 0 saturated carbocycles. The van der Waals surface area contributed by atoms with Gasteiger partial charge in [-0.25, -0.2) is 8.78 Å². The molecule has 150 valence electrons. The predicted octanol–water partition coefficient (Wildman–Crippen LogP) is 1.82. The Hall–Kier alpha value is -2.32. The van der Waals surface area contributed by atoms with E-state index in [4.69, 9.17) is 0 Å². The zero-order valence-electron chi connectivity index (χ0n) is 15.6. The number of rotatable bonds is 6. The standard InChI is InChI=1S/C20H24F2N4O2/c21-15-6-1-4-13(18(15)22)11-26-9-3-8-20(28,19(26)27)12-23-10-17-14-5-2-7-16(14)24-25-17/h1,4,6,23,28H,2-3,5,7-12H2,(H,24,25)/t20-/m1/s1. The number of H-pyrrole nitrogens is 1. The molecular weight excluding hydrogens is 366 g/mol. The Bertz CT molecular complexity index is 885. The normalized spacial score (nSPS) is 22.0. The molecule has 2 aromatic rings. The predicted molar refractivity (Wildman–Crippen MR) is 98.3 cm³/mol. The minimum atomic E-state index is -1.55. The molecule has 4 rings (SSSR count). The second kappa shape index (κ2) is 7.60. The maximum atomic E-state index is 13.9. The van der Waals surface area contributed by atoms with E-state index in [2.05, 4.69) is 15.5 Å². The fourth-order valence-corrected chi connectivity index (χ4v) is 4.18. The molecular formula is C20H24F2N4O2. The van der Waals surface area contributed by atoms with Gasteiger partial charge in [-0.15, -0.1) is 0 Å². The van der Waals surface area contributed by atoms with Crippen LogP contribution in [0.25, 0.3) is 0 Å². The van der Waals surface area contributed by atoms with Crippen LogP contribution < -0.4 is 5.32 Å². The van der Waals surface area contributed by atoms with Gasteiger partial charge < -0.3 is 15.3 Å². The van der Waals surface area contributed by atoms with Crippen molar-refractivity contribution < 1.29 is 18.7 Å². The second-order valence-corrected chi connectivity index (χ2v) is 7.66. The van der Waals surface area contributed by atoms with E-state index in [1.807, 2.05) is 0 Å². The molecule has 0 unspecified atom stereocenters. The maximum absolute atomic E-state index is 13.9. The van der Waals surface area contributed by atoms with E-state index < -0.39 is 23.1 Å². The molecule has 1 aliphatic heterocycles. The van der Waals surface area contributed by atoms with E-state index in [1.54, 1.807) is 0 Å². The number of aliphatic hydroxyl groups is 1. The van der Waals surface area contributed by atoms with Crippen LogP contribution in [-0.2, 0) is 30.7 Å². The molecule has 0 radical (unpaired) electrons. The summed E-state index contributed by atoms with van der Waals surface area (Å²) in [5.74, 6) is -2.34. The third kappa shape index (κ3) is 3.54. The minimum Gasteiger partial charge on any atom is -0.379 e. The van der Waals surface area contributed by atoms with Gasteiger partial charge >= 0.3 is 0 Å². The van der Waals surface area contributed by atoms with Gasteiger partial charge in [-0.2, -0.15) is 5.10 Å². The maximum Gasteiger partial charge on any atom is 0.256 e. The highest BCUT2D eigenvalue weighted by molar-refractivity contribution is 5.86. The van der Waals surface area contributed by atoms with Crippen LogP contribution >= 0.6 is 0 Å². The average molecular weight is 390 g/mol. The monoisotopic (exact) mass is 390 g/mol. The number of nitrogens with zero attached hydrogens (tertiary/aromatic N) is 2. The number of benzene rings is 1. The number of hydrogen-bond donors (Lipinski definition) is 3. The van der Waals surface area contributed by atoms with Gasteiger partial charge in [-0.1, -0.05) is 12.1 Å². The van der Waals surface area contributed by atoms with Gasteiger partial charge in [0.05, 0.1) is 5.69 Å². The van der Waals surface area contributed by atoms with Crippen molar-refractivity contribution in [1.82, 2.24) is 20.4 Å². The third-order valence-corrected chi connectivity index (χ3v) is 5.70. The van der Waals surface area contributed by atoms with E-state index in [1.165, 1.54) is 28.3 Å². The molecule has 8 heteroatoms. The van der Waals surface area contributed by atoms with Crippen LogP contribution in [0, 0.1) is 11.6 Å². The largest absolute Gasteiger partial charge is 0.379 e. The number of amides is 1. The zero-order chi connectivity index (χ0) is 19.7. The smallest absolute Gasteiger partial charge is 0.256 e.